The Morgan fingerprint density at radius 1 is 1.05 bits per heavy atom. The van der Waals surface area contributed by atoms with E-state index in [1.807, 2.05) is 12.1 Å². The van der Waals surface area contributed by atoms with Gasteiger partial charge >= 0.3 is 0 Å². The predicted molar refractivity (Wildman–Crippen MR) is 87.0 cm³/mol. The maximum Gasteiger partial charge on any atom is 0.122 e. The number of fused-ring (bicyclic) bond motifs is 1. The zero-order chi connectivity index (χ0) is 14.5. The fraction of sp³-hybridized carbons (Fsp3) is 0.368. The molecule has 110 valence electrons. The van der Waals surface area contributed by atoms with Crippen LogP contribution in [0, 0.1) is 0 Å². The summed E-state index contributed by atoms with van der Waals surface area (Å²) < 4.78 is 5.41. The van der Waals surface area contributed by atoms with E-state index in [1.54, 1.807) is 7.11 Å². The molecule has 2 nitrogen and oxygen atoms in total. The van der Waals surface area contributed by atoms with Crippen LogP contribution in [0.1, 0.15) is 23.1 Å². The van der Waals surface area contributed by atoms with E-state index < -0.39 is 0 Å². The summed E-state index contributed by atoms with van der Waals surface area (Å²) in [6.07, 6.45) is 4.61. The molecule has 21 heavy (non-hydrogen) atoms. The summed E-state index contributed by atoms with van der Waals surface area (Å²) >= 11 is 0. The highest BCUT2D eigenvalue weighted by molar-refractivity contribution is 5.33. The Morgan fingerprint density at radius 2 is 1.81 bits per heavy atom. The maximum absolute atomic E-state index is 5.41. The van der Waals surface area contributed by atoms with Crippen molar-refractivity contribution in [3.05, 3.63) is 65.2 Å². The molecule has 1 atom stereocenters. The number of methoxy groups -OCH3 is 1. The molecule has 2 aromatic rings. The molecule has 1 aliphatic carbocycles. The summed E-state index contributed by atoms with van der Waals surface area (Å²) in [6.45, 7) is 1.01. The van der Waals surface area contributed by atoms with E-state index in [-0.39, 0.29) is 0 Å². The van der Waals surface area contributed by atoms with Gasteiger partial charge in [-0.05, 0) is 55.0 Å². The lowest BCUT2D eigenvalue weighted by Gasteiger charge is -2.25. The van der Waals surface area contributed by atoms with E-state index in [9.17, 15) is 0 Å². The Balaban J connectivity index is 1.53. The minimum atomic E-state index is 0.606. The fourth-order valence-corrected chi connectivity index (χ4v) is 3.19. The van der Waals surface area contributed by atoms with E-state index in [0.717, 1.165) is 25.1 Å². The first-order valence-corrected chi connectivity index (χ1v) is 7.79. The van der Waals surface area contributed by atoms with E-state index >= 15 is 0 Å². The number of para-hydroxylation sites is 1. The molecule has 3 rings (SSSR count). The van der Waals surface area contributed by atoms with Crippen LogP contribution >= 0.6 is 0 Å². The van der Waals surface area contributed by atoms with Gasteiger partial charge in [0.05, 0.1) is 7.11 Å². The molecular formula is C19H23NO. The number of aryl methyl sites for hydroxylation is 1. The van der Waals surface area contributed by atoms with Crippen molar-refractivity contribution < 1.29 is 4.74 Å². The fourth-order valence-electron chi connectivity index (χ4n) is 3.19. The van der Waals surface area contributed by atoms with Gasteiger partial charge in [0.2, 0.25) is 0 Å². The van der Waals surface area contributed by atoms with Crippen LogP contribution in [0.25, 0.3) is 0 Å². The van der Waals surface area contributed by atoms with Crippen LogP contribution in [-0.2, 0) is 19.3 Å². The molecular weight excluding hydrogens is 258 g/mol. The standard InChI is InChI=1S/C19H23NO/c1-21-19-9-5-4-7-16(19)12-13-20-18-11-10-15-6-2-3-8-17(15)14-18/h2-9,18,20H,10-14H2,1H3. The zero-order valence-electron chi connectivity index (χ0n) is 12.6. The summed E-state index contributed by atoms with van der Waals surface area (Å²) in [7, 11) is 1.74. The molecule has 0 spiro atoms. The highest BCUT2D eigenvalue weighted by Gasteiger charge is 2.17. The second-order valence-corrected chi connectivity index (χ2v) is 5.72. The molecule has 0 saturated heterocycles. The first-order valence-electron chi connectivity index (χ1n) is 7.79. The summed E-state index contributed by atoms with van der Waals surface area (Å²) in [5.74, 6) is 0.994. The Bertz CT molecular complexity index is 594. The predicted octanol–water partition coefficient (Wildman–Crippen LogP) is 3.38. The van der Waals surface area contributed by atoms with Crippen LogP contribution in [0.15, 0.2) is 48.5 Å². The normalized spacial score (nSPS) is 17.3. The van der Waals surface area contributed by atoms with Gasteiger partial charge in [-0.25, -0.2) is 0 Å². The Labute approximate surface area is 127 Å². The third-order valence-electron chi connectivity index (χ3n) is 4.37. The molecule has 2 aromatic carbocycles. The molecule has 1 aliphatic rings. The van der Waals surface area contributed by atoms with Gasteiger partial charge in [-0.1, -0.05) is 42.5 Å². The number of nitrogens with one attached hydrogen (secondary N) is 1. The monoisotopic (exact) mass is 281 g/mol. The number of ether oxygens (including phenoxy) is 1. The Hall–Kier alpha value is -1.80. The quantitative estimate of drug-likeness (QED) is 0.907. The van der Waals surface area contributed by atoms with Crippen LogP contribution < -0.4 is 10.1 Å². The Morgan fingerprint density at radius 3 is 2.67 bits per heavy atom. The molecule has 0 aliphatic heterocycles. The van der Waals surface area contributed by atoms with Crippen molar-refractivity contribution in [1.82, 2.24) is 5.32 Å². The van der Waals surface area contributed by atoms with Gasteiger partial charge in [-0.15, -0.1) is 0 Å². The largest absolute Gasteiger partial charge is 0.496 e. The third kappa shape index (κ3) is 3.45. The Kier molecular flexibility index (Phi) is 4.56. The number of hydrogen-bond donors (Lipinski definition) is 1. The summed E-state index contributed by atoms with van der Waals surface area (Å²) in [6, 6.07) is 17.7. The average molecular weight is 281 g/mol. The highest BCUT2D eigenvalue weighted by Crippen LogP contribution is 2.21. The van der Waals surface area contributed by atoms with Crippen molar-refractivity contribution in [2.24, 2.45) is 0 Å². The molecule has 0 radical (unpaired) electrons. The van der Waals surface area contributed by atoms with Gasteiger partial charge in [0.15, 0.2) is 0 Å². The lowest BCUT2D eigenvalue weighted by atomic mass is 9.88. The molecule has 0 fully saturated rings. The molecule has 0 saturated carbocycles. The van der Waals surface area contributed by atoms with Gasteiger partial charge in [-0.3, -0.25) is 0 Å². The van der Waals surface area contributed by atoms with Crippen molar-refractivity contribution in [1.29, 1.82) is 0 Å². The average Bonchev–Trinajstić information content (AvgIpc) is 2.55. The lowest BCUT2D eigenvalue weighted by Crippen LogP contribution is -2.35. The molecule has 0 amide bonds. The molecule has 0 heterocycles. The van der Waals surface area contributed by atoms with Gasteiger partial charge in [-0.2, -0.15) is 0 Å². The first-order chi connectivity index (χ1) is 10.4. The summed E-state index contributed by atoms with van der Waals surface area (Å²) in [4.78, 5) is 0. The third-order valence-corrected chi connectivity index (χ3v) is 4.37. The minimum Gasteiger partial charge on any atom is -0.496 e. The topological polar surface area (TPSA) is 21.3 Å². The van der Waals surface area contributed by atoms with Crippen LogP contribution in [-0.4, -0.2) is 19.7 Å². The summed E-state index contributed by atoms with van der Waals surface area (Å²) in [5.41, 5.74) is 4.32. The lowest BCUT2D eigenvalue weighted by molar-refractivity contribution is 0.407. The maximum atomic E-state index is 5.41. The smallest absolute Gasteiger partial charge is 0.122 e. The van der Waals surface area contributed by atoms with Crippen molar-refractivity contribution in [3.8, 4) is 5.75 Å². The summed E-state index contributed by atoms with van der Waals surface area (Å²) in [5, 5.41) is 3.71. The second-order valence-electron chi connectivity index (χ2n) is 5.72. The van der Waals surface area contributed by atoms with Crippen LogP contribution in [0.5, 0.6) is 5.75 Å². The SMILES string of the molecule is COc1ccccc1CCNC1CCc2ccccc2C1. The van der Waals surface area contributed by atoms with Crippen LogP contribution in [0.4, 0.5) is 0 Å². The molecule has 1 unspecified atom stereocenters. The zero-order valence-corrected chi connectivity index (χ0v) is 12.6. The van der Waals surface area contributed by atoms with E-state index in [0.29, 0.717) is 6.04 Å². The number of hydrogen-bond acceptors (Lipinski definition) is 2. The van der Waals surface area contributed by atoms with Gasteiger partial charge < -0.3 is 10.1 Å². The number of rotatable bonds is 5. The highest BCUT2D eigenvalue weighted by atomic mass is 16.5. The molecule has 2 heteroatoms. The van der Waals surface area contributed by atoms with Gasteiger partial charge in [0.25, 0.3) is 0 Å². The van der Waals surface area contributed by atoms with E-state index in [2.05, 4.69) is 41.7 Å². The van der Waals surface area contributed by atoms with Crippen LogP contribution in [0.3, 0.4) is 0 Å². The molecule has 0 aromatic heterocycles. The van der Waals surface area contributed by atoms with Crippen molar-refractivity contribution in [2.75, 3.05) is 13.7 Å². The number of benzene rings is 2. The van der Waals surface area contributed by atoms with Gasteiger partial charge in [0.1, 0.15) is 5.75 Å². The minimum absolute atomic E-state index is 0.606. The first kappa shape index (κ1) is 14.2. The van der Waals surface area contributed by atoms with E-state index in [4.69, 9.17) is 4.74 Å². The van der Waals surface area contributed by atoms with Gasteiger partial charge in [0, 0.05) is 6.04 Å². The van der Waals surface area contributed by atoms with E-state index in [1.165, 1.54) is 29.5 Å². The molecule has 0 bridgehead atoms. The molecule has 1 N–H and O–H groups in total. The van der Waals surface area contributed by atoms with Crippen LogP contribution in [0.2, 0.25) is 0 Å². The van der Waals surface area contributed by atoms with Crippen molar-refractivity contribution in [3.63, 3.8) is 0 Å². The van der Waals surface area contributed by atoms with Crippen molar-refractivity contribution in [2.45, 2.75) is 31.7 Å². The van der Waals surface area contributed by atoms with Crippen molar-refractivity contribution >= 4 is 0 Å². The second kappa shape index (κ2) is 6.77.